The van der Waals surface area contributed by atoms with Crippen LogP contribution < -0.4 is 8.92 Å². The Kier molecular flexibility index (Phi) is 4.88. The average molecular weight is 388 g/mol. The van der Waals surface area contributed by atoms with Crippen LogP contribution in [0, 0.1) is 11.3 Å². The van der Waals surface area contributed by atoms with Crippen LogP contribution in [0.15, 0.2) is 38.3 Å². The predicted octanol–water partition coefficient (Wildman–Crippen LogP) is 3.55. The van der Waals surface area contributed by atoms with Crippen molar-refractivity contribution in [2.24, 2.45) is 0 Å². The van der Waals surface area contributed by atoms with Crippen LogP contribution in [-0.4, -0.2) is 15.0 Å². The van der Waals surface area contributed by atoms with Gasteiger partial charge in [0.05, 0.1) is 22.0 Å². The van der Waals surface area contributed by atoms with Gasteiger partial charge in [-0.2, -0.15) is 13.7 Å². The second-order valence-electron chi connectivity index (χ2n) is 3.80. The average Bonchev–Trinajstić information content (AvgIpc) is 2.88. The van der Waals surface area contributed by atoms with Gasteiger partial charge in [-0.1, -0.05) is 0 Å². The lowest BCUT2D eigenvalue weighted by atomic mass is 10.2. The summed E-state index contributed by atoms with van der Waals surface area (Å²) in [5.41, 5.74) is 0.363. The molecular formula is C13H10BrNO4S2. The molecule has 0 aliphatic heterocycles. The van der Waals surface area contributed by atoms with E-state index in [0.717, 1.165) is 11.3 Å². The molecule has 0 aliphatic rings. The van der Waals surface area contributed by atoms with E-state index in [1.165, 1.54) is 24.3 Å². The molecule has 0 unspecified atom stereocenters. The monoisotopic (exact) mass is 387 g/mol. The number of nitriles is 1. The van der Waals surface area contributed by atoms with Crippen molar-refractivity contribution in [3.05, 3.63) is 39.7 Å². The van der Waals surface area contributed by atoms with Crippen molar-refractivity contribution >= 4 is 37.4 Å². The maximum atomic E-state index is 12.2. The number of thiophene rings is 1. The lowest BCUT2D eigenvalue weighted by Gasteiger charge is -2.11. The minimum Gasteiger partial charge on any atom is -0.490 e. The molecule has 0 atom stereocenters. The van der Waals surface area contributed by atoms with Crippen molar-refractivity contribution in [3.8, 4) is 17.6 Å². The zero-order chi connectivity index (χ0) is 15.5. The summed E-state index contributed by atoms with van der Waals surface area (Å²) in [7, 11) is -3.93. The van der Waals surface area contributed by atoms with Crippen molar-refractivity contribution in [2.45, 2.75) is 11.1 Å². The second-order valence-corrected chi connectivity index (χ2v) is 8.04. The van der Waals surface area contributed by atoms with Crippen molar-refractivity contribution in [3.63, 3.8) is 0 Å². The molecule has 1 heterocycles. The van der Waals surface area contributed by atoms with Gasteiger partial charge in [0.15, 0.2) is 15.7 Å². The summed E-state index contributed by atoms with van der Waals surface area (Å²) in [6, 6.07) is 9.36. The lowest BCUT2D eigenvalue weighted by molar-refractivity contribution is 0.327. The highest BCUT2D eigenvalue weighted by Crippen LogP contribution is 2.33. The minimum absolute atomic E-state index is 0.0559. The quantitative estimate of drug-likeness (QED) is 0.733. The van der Waals surface area contributed by atoms with Gasteiger partial charge in [0.1, 0.15) is 0 Å². The van der Waals surface area contributed by atoms with Crippen LogP contribution in [0.1, 0.15) is 12.5 Å². The first-order chi connectivity index (χ1) is 9.96. The predicted molar refractivity (Wildman–Crippen MR) is 82.2 cm³/mol. The molecule has 21 heavy (non-hydrogen) atoms. The molecule has 0 saturated carbocycles. The van der Waals surface area contributed by atoms with Gasteiger partial charge in [-0.25, -0.2) is 0 Å². The third kappa shape index (κ3) is 3.75. The zero-order valence-corrected chi connectivity index (χ0v) is 14.1. The molecule has 0 spiro atoms. The van der Waals surface area contributed by atoms with Crippen LogP contribution in [0.25, 0.3) is 0 Å². The molecule has 8 heteroatoms. The fourth-order valence-corrected chi connectivity index (χ4v) is 4.42. The van der Waals surface area contributed by atoms with Gasteiger partial charge in [0, 0.05) is 6.07 Å². The topological polar surface area (TPSA) is 76.4 Å². The molecule has 0 aliphatic carbocycles. The number of nitrogens with zero attached hydrogens (tertiary/aromatic N) is 1. The Balaban J connectivity index is 2.37. The van der Waals surface area contributed by atoms with Gasteiger partial charge < -0.3 is 8.92 Å². The summed E-state index contributed by atoms with van der Waals surface area (Å²) >= 11 is 4.26. The molecule has 110 valence electrons. The van der Waals surface area contributed by atoms with E-state index in [1.54, 1.807) is 13.0 Å². The van der Waals surface area contributed by atoms with Gasteiger partial charge in [0.25, 0.3) is 0 Å². The molecule has 1 aromatic heterocycles. The van der Waals surface area contributed by atoms with Crippen LogP contribution in [0.2, 0.25) is 0 Å². The van der Waals surface area contributed by atoms with E-state index < -0.39 is 10.1 Å². The second kappa shape index (κ2) is 6.47. The van der Waals surface area contributed by atoms with E-state index in [9.17, 15) is 8.42 Å². The van der Waals surface area contributed by atoms with E-state index in [2.05, 4.69) is 15.9 Å². The van der Waals surface area contributed by atoms with E-state index in [0.29, 0.717) is 16.0 Å². The highest BCUT2D eigenvalue weighted by Gasteiger charge is 2.21. The van der Waals surface area contributed by atoms with Crippen molar-refractivity contribution < 1.29 is 17.3 Å². The van der Waals surface area contributed by atoms with Crippen LogP contribution in [0.5, 0.6) is 11.5 Å². The molecule has 0 saturated heterocycles. The Labute approximate surface area is 135 Å². The molecule has 2 aromatic rings. The van der Waals surface area contributed by atoms with Gasteiger partial charge in [-0.15, -0.1) is 11.3 Å². The summed E-state index contributed by atoms with van der Waals surface area (Å²) in [4.78, 5) is 0. The SMILES string of the molecule is CCOc1cc(C#N)ccc1OS(=O)(=O)c1ccc(Br)s1. The third-order valence-electron chi connectivity index (χ3n) is 2.37. The Bertz CT molecular complexity index is 793. The summed E-state index contributed by atoms with van der Waals surface area (Å²) in [6.45, 7) is 2.09. The van der Waals surface area contributed by atoms with Crippen LogP contribution >= 0.6 is 27.3 Å². The van der Waals surface area contributed by atoms with Crippen LogP contribution in [-0.2, 0) is 10.1 Å². The van der Waals surface area contributed by atoms with Gasteiger partial charge in [0.2, 0.25) is 0 Å². The van der Waals surface area contributed by atoms with Crippen LogP contribution in [0.4, 0.5) is 0 Å². The van der Waals surface area contributed by atoms with E-state index in [4.69, 9.17) is 14.2 Å². The van der Waals surface area contributed by atoms with E-state index in [-0.39, 0.29) is 15.7 Å². The first-order valence-electron chi connectivity index (χ1n) is 5.83. The number of benzene rings is 1. The first-order valence-corrected chi connectivity index (χ1v) is 8.85. The summed E-state index contributed by atoms with van der Waals surface area (Å²) in [5.74, 6) is 0.274. The number of hydrogen-bond acceptors (Lipinski definition) is 6. The summed E-state index contributed by atoms with van der Waals surface area (Å²) < 4.78 is 35.6. The summed E-state index contributed by atoms with van der Waals surface area (Å²) in [5, 5.41) is 8.87. The van der Waals surface area contributed by atoms with Crippen LogP contribution in [0.3, 0.4) is 0 Å². The lowest BCUT2D eigenvalue weighted by Crippen LogP contribution is -2.09. The third-order valence-corrected chi connectivity index (χ3v) is 5.68. The fraction of sp³-hybridized carbons (Fsp3) is 0.154. The molecule has 1 aromatic carbocycles. The zero-order valence-electron chi connectivity index (χ0n) is 10.9. The molecule has 0 bridgehead atoms. The van der Waals surface area contributed by atoms with E-state index >= 15 is 0 Å². The largest absolute Gasteiger partial charge is 0.490 e. The molecule has 0 N–H and O–H groups in total. The molecular weight excluding hydrogens is 378 g/mol. The van der Waals surface area contributed by atoms with Gasteiger partial charge in [-0.05, 0) is 47.1 Å². The summed E-state index contributed by atoms with van der Waals surface area (Å²) in [6.07, 6.45) is 0. The molecule has 0 radical (unpaired) electrons. The Morgan fingerprint density at radius 3 is 2.62 bits per heavy atom. The number of ether oxygens (including phenoxy) is 1. The van der Waals surface area contributed by atoms with Gasteiger partial charge >= 0.3 is 10.1 Å². The molecule has 0 amide bonds. The maximum absolute atomic E-state index is 12.2. The maximum Gasteiger partial charge on any atom is 0.348 e. The number of halogens is 1. The van der Waals surface area contributed by atoms with Crippen molar-refractivity contribution in [1.82, 2.24) is 0 Å². The Hall–Kier alpha value is -1.56. The van der Waals surface area contributed by atoms with Crippen molar-refractivity contribution in [1.29, 1.82) is 5.26 Å². The number of hydrogen-bond donors (Lipinski definition) is 0. The normalized spacial score (nSPS) is 10.9. The highest BCUT2D eigenvalue weighted by molar-refractivity contribution is 9.11. The smallest absolute Gasteiger partial charge is 0.348 e. The fourth-order valence-electron chi connectivity index (χ4n) is 1.51. The van der Waals surface area contributed by atoms with E-state index in [1.807, 2.05) is 6.07 Å². The first kappa shape index (κ1) is 15.8. The standard InChI is InChI=1S/C13H10BrNO4S2/c1-2-18-11-7-9(8-15)3-4-10(11)19-21(16,17)13-6-5-12(14)20-13/h3-7H,2H2,1H3. The Morgan fingerprint density at radius 2 is 2.05 bits per heavy atom. The Morgan fingerprint density at radius 1 is 1.29 bits per heavy atom. The molecule has 5 nitrogen and oxygen atoms in total. The minimum atomic E-state index is -3.93. The number of rotatable bonds is 5. The van der Waals surface area contributed by atoms with Gasteiger partial charge in [-0.3, -0.25) is 0 Å². The molecule has 0 fully saturated rings. The van der Waals surface area contributed by atoms with Crippen molar-refractivity contribution in [2.75, 3.05) is 6.61 Å². The molecule has 2 rings (SSSR count). The highest BCUT2D eigenvalue weighted by atomic mass is 79.9.